The van der Waals surface area contributed by atoms with E-state index in [1.807, 2.05) is 11.8 Å². The average Bonchev–Trinajstić information content (AvgIpc) is 2.55. The summed E-state index contributed by atoms with van der Waals surface area (Å²) in [6.45, 7) is 5.51. The predicted molar refractivity (Wildman–Crippen MR) is 88.6 cm³/mol. The fourth-order valence-corrected chi connectivity index (χ4v) is 2.98. The smallest absolute Gasteiger partial charge is 0.354 e. The highest BCUT2D eigenvalue weighted by Gasteiger charge is 2.27. The van der Waals surface area contributed by atoms with E-state index in [4.69, 9.17) is 5.11 Å². The van der Waals surface area contributed by atoms with Crippen LogP contribution in [0.1, 0.15) is 50.0 Å². The summed E-state index contributed by atoms with van der Waals surface area (Å²) in [6, 6.07) is 5.16. The summed E-state index contributed by atoms with van der Waals surface area (Å²) < 4.78 is 0. The lowest BCUT2D eigenvalue weighted by Gasteiger charge is -2.33. The molecular formula is C17H25N3O3. The van der Waals surface area contributed by atoms with Crippen molar-refractivity contribution in [2.45, 2.75) is 45.6 Å². The number of pyridine rings is 1. The molecule has 1 aliphatic rings. The predicted octanol–water partition coefficient (Wildman–Crippen LogP) is 2.30. The monoisotopic (exact) mass is 319 g/mol. The van der Waals surface area contributed by atoms with Crippen LogP contribution in [0.5, 0.6) is 0 Å². The number of carbonyl (C=O) groups excluding carboxylic acids is 1. The molecule has 2 N–H and O–H groups in total. The minimum atomic E-state index is -1.04. The van der Waals surface area contributed by atoms with Gasteiger partial charge in [0.05, 0.1) is 5.92 Å². The van der Waals surface area contributed by atoms with E-state index in [0.717, 1.165) is 32.2 Å². The summed E-state index contributed by atoms with van der Waals surface area (Å²) in [6.07, 6.45) is 3.79. The van der Waals surface area contributed by atoms with Crippen LogP contribution in [0.25, 0.3) is 0 Å². The number of carboxylic acid groups (broad SMARTS) is 1. The Kier molecular flexibility index (Phi) is 5.96. The van der Waals surface area contributed by atoms with Crippen molar-refractivity contribution in [3.63, 3.8) is 0 Å². The third kappa shape index (κ3) is 4.68. The van der Waals surface area contributed by atoms with E-state index in [9.17, 15) is 9.59 Å². The number of aromatic carboxylic acids is 1. The van der Waals surface area contributed by atoms with Gasteiger partial charge in [0.2, 0.25) is 5.91 Å². The minimum Gasteiger partial charge on any atom is -0.477 e. The summed E-state index contributed by atoms with van der Waals surface area (Å²) in [7, 11) is 0. The number of hydrogen-bond donors (Lipinski definition) is 2. The third-order valence-corrected chi connectivity index (χ3v) is 4.18. The van der Waals surface area contributed by atoms with Gasteiger partial charge in [0.25, 0.3) is 0 Å². The summed E-state index contributed by atoms with van der Waals surface area (Å²) >= 11 is 0. The van der Waals surface area contributed by atoms with Gasteiger partial charge in [-0.1, -0.05) is 19.4 Å². The molecule has 1 saturated heterocycles. The van der Waals surface area contributed by atoms with Crippen LogP contribution >= 0.6 is 0 Å². The van der Waals surface area contributed by atoms with Crippen molar-refractivity contribution in [3.05, 3.63) is 23.9 Å². The Morgan fingerprint density at radius 1 is 1.48 bits per heavy atom. The zero-order valence-corrected chi connectivity index (χ0v) is 13.8. The van der Waals surface area contributed by atoms with Gasteiger partial charge in [0, 0.05) is 19.1 Å². The number of nitrogens with one attached hydrogen (secondary N) is 1. The highest BCUT2D eigenvalue weighted by atomic mass is 16.4. The number of nitrogens with zero attached hydrogens (tertiary/aromatic N) is 2. The van der Waals surface area contributed by atoms with Crippen molar-refractivity contribution in [2.75, 3.05) is 18.0 Å². The van der Waals surface area contributed by atoms with Gasteiger partial charge in [-0.2, -0.15) is 0 Å². The highest BCUT2D eigenvalue weighted by molar-refractivity contribution is 5.85. The fraction of sp³-hybridized carbons (Fsp3) is 0.588. The molecule has 1 amide bonds. The quantitative estimate of drug-likeness (QED) is 0.840. The molecular weight excluding hydrogens is 294 g/mol. The van der Waals surface area contributed by atoms with Gasteiger partial charge in [0.15, 0.2) is 5.69 Å². The first-order valence-corrected chi connectivity index (χ1v) is 8.27. The second-order valence-corrected chi connectivity index (χ2v) is 6.17. The summed E-state index contributed by atoms with van der Waals surface area (Å²) in [4.78, 5) is 29.6. The van der Waals surface area contributed by atoms with E-state index in [2.05, 4.69) is 17.2 Å². The van der Waals surface area contributed by atoms with Crippen LogP contribution in [0.3, 0.4) is 0 Å². The van der Waals surface area contributed by atoms with Crippen molar-refractivity contribution >= 4 is 17.7 Å². The molecule has 0 bridgehead atoms. The first-order valence-electron chi connectivity index (χ1n) is 8.27. The molecule has 126 valence electrons. The summed E-state index contributed by atoms with van der Waals surface area (Å²) in [5.74, 6) is -0.390. The lowest BCUT2D eigenvalue weighted by atomic mass is 9.96. The zero-order valence-electron chi connectivity index (χ0n) is 13.8. The van der Waals surface area contributed by atoms with Gasteiger partial charge in [-0.25, -0.2) is 9.78 Å². The van der Waals surface area contributed by atoms with Crippen LogP contribution < -0.4 is 10.2 Å². The zero-order chi connectivity index (χ0) is 16.8. The Morgan fingerprint density at radius 2 is 2.26 bits per heavy atom. The second-order valence-electron chi connectivity index (χ2n) is 6.17. The first-order chi connectivity index (χ1) is 11.0. The Morgan fingerprint density at radius 3 is 2.96 bits per heavy atom. The van der Waals surface area contributed by atoms with Crippen molar-refractivity contribution in [3.8, 4) is 0 Å². The van der Waals surface area contributed by atoms with Gasteiger partial charge in [-0.3, -0.25) is 4.79 Å². The van der Waals surface area contributed by atoms with Crippen molar-refractivity contribution in [1.29, 1.82) is 0 Å². The van der Waals surface area contributed by atoms with E-state index >= 15 is 0 Å². The molecule has 0 aliphatic carbocycles. The van der Waals surface area contributed by atoms with Gasteiger partial charge in [-0.05, 0) is 38.3 Å². The third-order valence-electron chi connectivity index (χ3n) is 4.18. The van der Waals surface area contributed by atoms with Crippen molar-refractivity contribution in [2.24, 2.45) is 5.92 Å². The number of anilines is 1. The molecule has 1 aromatic rings. The van der Waals surface area contributed by atoms with Crippen LogP contribution in [0.15, 0.2) is 18.2 Å². The van der Waals surface area contributed by atoms with Crippen LogP contribution in [0, 0.1) is 5.92 Å². The van der Waals surface area contributed by atoms with Crippen LogP contribution in [-0.4, -0.2) is 41.1 Å². The number of carbonyl (C=O) groups is 2. The Bertz CT molecular complexity index is 562. The molecule has 23 heavy (non-hydrogen) atoms. The normalized spacial score (nSPS) is 19.2. The number of carboxylic acids is 1. The largest absolute Gasteiger partial charge is 0.477 e. The van der Waals surface area contributed by atoms with E-state index in [1.165, 1.54) is 6.07 Å². The van der Waals surface area contributed by atoms with Gasteiger partial charge in [-0.15, -0.1) is 0 Å². The van der Waals surface area contributed by atoms with Gasteiger partial charge in [0.1, 0.15) is 5.82 Å². The van der Waals surface area contributed by atoms with Crippen molar-refractivity contribution in [1.82, 2.24) is 10.3 Å². The van der Waals surface area contributed by atoms with Crippen LogP contribution in [-0.2, 0) is 4.79 Å². The maximum absolute atomic E-state index is 12.4. The van der Waals surface area contributed by atoms with Crippen LogP contribution in [0.4, 0.5) is 5.82 Å². The molecule has 2 heterocycles. The molecule has 2 unspecified atom stereocenters. The van der Waals surface area contributed by atoms with Crippen LogP contribution in [0.2, 0.25) is 0 Å². The molecule has 0 saturated carbocycles. The molecule has 0 aromatic carbocycles. The summed E-state index contributed by atoms with van der Waals surface area (Å²) in [5.41, 5.74) is 0.0330. The molecule has 2 atom stereocenters. The lowest BCUT2D eigenvalue weighted by molar-refractivity contribution is -0.125. The number of hydrogen-bond acceptors (Lipinski definition) is 4. The maximum atomic E-state index is 12.4. The second kappa shape index (κ2) is 7.94. The molecule has 1 fully saturated rings. The minimum absolute atomic E-state index is 0.0330. The van der Waals surface area contributed by atoms with Crippen molar-refractivity contribution < 1.29 is 14.7 Å². The fourth-order valence-electron chi connectivity index (χ4n) is 2.98. The molecule has 1 aliphatic heterocycles. The number of aromatic nitrogens is 1. The van der Waals surface area contributed by atoms with E-state index in [1.54, 1.807) is 12.1 Å². The maximum Gasteiger partial charge on any atom is 0.354 e. The number of rotatable bonds is 6. The van der Waals surface area contributed by atoms with E-state index in [0.29, 0.717) is 12.4 Å². The van der Waals surface area contributed by atoms with E-state index < -0.39 is 5.97 Å². The Balaban J connectivity index is 2.01. The topological polar surface area (TPSA) is 82.5 Å². The van der Waals surface area contributed by atoms with Gasteiger partial charge >= 0.3 is 5.97 Å². The average molecular weight is 319 g/mol. The number of piperidine rings is 1. The lowest BCUT2D eigenvalue weighted by Crippen LogP contribution is -2.45. The van der Waals surface area contributed by atoms with E-state index in [-0.39, 0.29) is 23.6 Å². The molecule has 6 heteroatoms. The molecule has 2 rings (SSSR count). The summed E-state index contributed by atoms with van der Waals surface area (Å²) in [5, 5.41) is 12.1. The molecule has 0 spiro atoms. The molecule has 0 radical (unpaired) electrons. The van der Waals surface area contributed by atoms with Gasteiger partial charge < -0.3 is 15.3 Å². The SMILES string of the molecule is CCCC(C)NC(=O)C1CCCN(c2cccc(C(=O)O)n2)C1. The Hall–Kier alpha value is -2.11. The standard InChI is InChI=1S/C17H25N3O3/c1-3-6-12(2)18-16(21)13-7-5-10-20(11-13)15-9-4-8-14(19-15)17(22)23/h4,8-9,12-13H,3,5-7,10-11H2,1-2H3,(H,18,21)(H,22,23). The molecule has 6 nitrogen and oxygen atoms in total. The molecule has 1 aromatic heterocycles. The first kappa shape index (κ1) is 17.2. The Labute approximate surface area is 136 Å². The highest BCUT2D eigenvalue weighted by Crippen LogP contribution is 2.22. The number of amides is 1.